The zero-order valence-corrected chi connectivity index (χ0v) is 15.4. The molecule has 2 rings (SSSR count). The highest BCUT2D eigenvalue weighted by Crippen LogP contribution is 2.36. The first-order chi connectivity index (χ1) is 9.33. The summed E-state index contributed by atoms with van der Waals surface area (Å²) in [6, 6.07) is 13.1. The first kappa shape index (κ1) is 15.7. The molecular weight excluding hydrogens is 276 g/mol. The van der Waals surface area contributed by atoms with E-state index in [-0.39, 0.29) is 0 Å². The molecule has 1 aromatic rings. The van der Waals surface area contributed by atoms with Crippen LogP contribution in [0.4, 0.5) is 0 Å². The van der Waals surface area contributed by atoms with Crippen molar-refractivity contribution in [2.45, 2.75) is 51.1 Å². The maximum absolute atomic E-state index is 8.21. The van der Waals surface area contributed by atoms with Gasteiger partial charge in [-0.25, -0.2) is 0 Å². The zero-order valence-electron chi connectivity index (χ0n) is 13.4. The summed E-state index contributed by atoms with van der Waals surface area (Å²) in [6.45, 7) is 11.3. The van der Waals surface area contributed by atoms with Gasteiger partial charge in [0, 0.05) is 5.71 Å². The molecule has 1 heterocycles. The van der Waals surface area contributed by atoms with Crippen LogP contribution >= 0.6 is 0 Å². The summed E-state index contributed by atoms with van der Waals surface area (Å²) in [5.41, 5.74) is 1.88. The third-order valence-electron chi connectivity index (χ3n) is 4.74. The van der Waals surface area contributed by atoms with Crippen LogP contribution in [0, 0.1) is 5.41 Å². The van der Waals surface area contributed by atoms with Crippen LogP contribution in [0.2, 0.25) is 38.3 Å². The fraction of sp³-hybridized carbons (Fsp3) is 0.562. The number of benzene rings is 1. The lowest BCUT2D eigenvalue weighted by Gasteiger charge is -2.39. The fourth-order valence-electron chi connectivity index (χ4n) is 3.50. The summed E-state index contributed by atoms with van der Waals surface area (Å²) >= 11 is 0. The molecule has 1 saturated heterocycles. The van der Waals surface area contributed by atoms with Crippen LogP contribution in [0.5, 0.6) is 0 Å². The summed E-state index contributed by atoms with van der Waals surface area (Å²) in [6.07, 6.45) is 2.05. The molecule has 0 bridgehead atoms. The molecule has 1 N–H and O–H groups in total. The topological polar surface area (TPSA) is 27.1 Å². The van der Waals surface area contributed by atoms with Crippen molar-refractivity contribution in [1.82, 2.24) is 4.23 Å². The van der Waals surface area contributed by atoms with Crippen LogP contribution in [-0.2, 0) is 0 Å². The monoisotopic (exact) mass is 304 g/mol. The van der Waals surface area contributed by atoms with E-state index >= 15 is 0 Å². The molecular formula is C16H28N2Si2. The zero-order chi connectivity index (χ0) is 14.8. The molecule has 0 atom stereocenters. The van der Waals surface area contributed by atoms with Crippen LogP contribution in [0.1, 0.15) is 18.4 Å². The lowest BCUT2D eigenvalue weighted by molar-refractivity contribution is 0.599. The van der Waals surface area contributed by atoms with E-state index in [0.717, 1.165) is 24.1 Å². The molecule has 0 aromatic heterocycles. The van der Waals surface area contributed by atoms with Crippen LogP contribution in [0.3, 0.4) is 0 Å². The fourth-order valence-corrected chi connectivity index (χ4v) is 17.7. The average Bonchev–Trinajstić information content (AvgIpc) is 2.62. The van der Waals surface area contributed by atoms with E-state index < -0.39 is 16.5 Å². The Labute approximate surface area is 125 Å². The minimum Gasteiger partial charge on any atom is -0.345 e. The minimum atomic E-state index is -1.13. The Hall–Kier alpha value is -0.716. The number of hydrogen-bond donors (Lipinski definition) is 1. The molecule has 20 heavy (non-hydrogen) atoms. The highest BCUT2D eigenvalue weighted by Gasteiger charge is 2.46. The predicted molar refractivity (Wildman–Crippen MR) is 93.8 cm³/mol. The Morgan fingerprint density at radius 1 is 1.05 bits per heavy atom. The van der Waals surface area contributed by atoms with Gasteiger partial charge in [0.05, 0.1) is 0 Å². The van der Waals surface area contributed by atoms with E-state index in [1.165, 1.54) is 18.6 Å². The Kier molecular flexibility index (Phi) is 4.67. The smallest absolute Gasteiger partial charge is 0.115 e. The van der Waals surface area contributed by atoms with E-state index in [1.54, 1.807) is 0 Å². The van der Waals surface area contributed by atoms with Gasteiger partial charge in [0.2, 0.25) is 0 Å². The van der Waals surface area contributed by atoms with Gasteiger partial charge in [-0.15, -0.1) is 0 Å². The maximum Gasteiger partial charge on any atom is 0.115 e. The second-order valence-electron chi connectivity index (χ2n) is 7.22. The average molecular weight is 305 g/mol. The van der Waals surface area contributed by atoms with Gasteiger partial charge in [0.25, 0.3) is 0 Å². The molecule has 2 nitrogen and oxygen atoms in total. The van der Waals surface area contributed by atoms with Crippen LogP contribution in [-0.4, -0.2) is 33.0 Å². The normalized spacial score (nSPS) is 21.0. The van der Waals surface area contributed by atoms with Gasteiger partial charge in [0.1, 0.15) is 16.5 Å². The Balaban J connectivity index is 1.88. The van der Waals surface area contributed by atoms with Crippen LogP contribution in [0.25, 0.3) is 0 Å². The van der Waals surface area contributed by atoms with E-state index in [0.29, 0.717) is 0 Å². The number of hydrogen-bond acceptors (Lipinski definition) is 2. The molecule has 1 aromatic carbocycles. The van der Waals surface area contributed by atoms with Crippen LogP contribution in [0.15, 0.2) is 30.3 Å². The summed E-state index contributed by atoms with van der Waals surface area (Å²) < 4.78 is 2.91. The van der Waals surface area contributed by atoms with Crippen molar-refractivity contribution in [2.24, 2.45) is 0 Å². The van der Waals surface area contributed by atoms with Crippen molar-refractivity contribution in [3.63, 3.8) is 0 Å². The molecule has 1 aliphatic heterocycles. The summed E-state index contributed by atoms with van der Waals surface area (Å²) in [5.74, 6) is 0. The molecule has 4 heteroatoms. The van der Waals surface area contributed by atoms with Crippen molar-refractivity contribution in [3.8, 4) is 0 Å². The van der Waals surface area contributed by atoms with E-state index in [1.807, 2.05) is 18.2 Å². The van der Waals surface area contributed by atoms with Crippen LogP contribution < -0.4 is 0 Å². The second-order valence-corrected chi connectivity index (χ2v) is 17.0. The number of rotatable bonds is 5. The molecule has 0 aliphatic carbocycles. The SMILES string of the molecule is C[Si]1(C)CC[Si](C)(C)N1CCCC(=N)c1ccccc1. The van der Waals surface area contributed by atoms with Crippen molar-refractivity contribution >= 4 is 22.2 Å². The summed E-state index contributed by atoms with van der Waals surface area (Å²) in [4.78, 5) is 0. The van der Waals surface area contributed by atoms with Crippen molar-refractivity contribution in [2.75, 3.05) is 6.54 Å². The number of nitrogens with one attached hydrogen (secondary N) is 1. The third-order valence-corrected chi connectivity index (χ3v) is 15.2. The molecule has 0 spiro atoms. The van der Waals surface area contributed by atoms with Gasteiger partial charge >= 0.3 is 0 Å². The number of nitrogens with zero attached hydrogens (tertiary/aromatic N) is 1. The molecule has 110 valence electrons. The van der Waals surface area contributed by atoms with E-state index in [2.05, 4.69) is 42.6 Å². The second kappa shape index (κ2) is 5.96. The van der Waals surface area contributed by atoms with E-state index in [4.69, 9.17) is 5.41 Å². The predicted octanol–water partition coefficient (Wildman–Crippen LogP) is 4.56. The minimum absolute atomic E-state index is 0.795. The van der Waals surface area contributed by atoms with E-state index in [9.17, 15) is 0 Å². The Morgan fingerprint density at radius 3 is 2.15 bits per heavy atom. The van der Waals surface area contributed by atoms with Gasteiger partial charge in [-0.2, -0.15) is 0 Å². The Bertz CT molecular complexity index is 453. The summed E-state index contributed by atoms with van der Waals surface area (Å²) in [5, 5.41) is 8.21. The highest BCUT2D eigenvalue weighted by atomic mass is 28.4. The standard InChI is InChI=1S/C16H28N2Si2/c1-19(2)13-14-20(3,4)18(19)12-8-11-16(17)15-9-6-5-7-10-15/h5-7,9-10,17H,8,11-14H2,1-4H3. The molecule has 0 saturated carbocycles. The largest absolute Gasteiger partial charge is 0.345 e. The third kappa shape index (κ3) is 3.48. The first-order valence-corrected chi connectivity index (χ1v) is 14.0. The first-order valence-electron chi connectivity index (χ1n) is 7.73. The molecule has 1 aliphatic rings. The van der Waals surface area contributed by atoms with Gasteiger partial charge in [0.15, 0.2) is 0 Å². The lowest BCUT2D eigenvalue weighted by Crippen LogP contribution is -2.55. The molecule has 0 unspecified atom stereocenters. The van der Waals surface area contributed by atoms with Crippen molar-refractivity contribution < 1.29 is 0 Å². The molecule has 0 amide bonds. The maximum atomic E-state index is 8.21. The Morgan fingerprint density at radius 2 is 1.60 bits per heavy atom. The van der Waals surface area contributed by atoms with Crippen molar-refractivity contribution in [1.29, 1.82) is 5.41 Å². The highest BCUT2D eigenvalue weighted by molar-refractivity contribution is 6.95. The summed E-state index contributed by atoms with van der Waals surface area (Å²) in [7, 11) is -2.26. The quantitative estimate of drug-likeness (QED) is 0.626. The van der Waals surface area contributed by atoms with Gasteiger partial charge in [-0.05, 0) is 37.0 Å². The van der Waals surface area contributed by atoms with Gasteiger partial charge < -0.3 is 9.64 Å². The van der Waals surface area contributed by atoms with Gasteiger partial charge in [-0.1, -0.05) is 56.5 Å². The van der Waals surface area contributed by atoms with Gasteiger partial charge in [-0.3, -0.25) is 0 Å². The molecule has 1 fully saturated rings. The molecule has 0 radical (unpaired) electrons. The lowest BCUT2D eigenvalue weighted by atomic mass is 10.1. The van der Waals surface area contributed by atoms with Crippen molar-refractivity contribution in [3.05, 3.63) is 35.9 Å².